The van der Waals surface area contributed by atoms with Gasteiger partial charge in [-0.05, 0) is 42.2 Å². The first-order valence-corrected chi connectivity index (χ1v) is 10.5. The van der Waals surface area contributed by atoms with Gasteiger partial charge in [-0.15, -0.1) is 0 Å². The summed E-state index contributed by atoms with van der Waals surface area (Å²) in [7, 11) is 0. The SMILES string of the molecule is N#Cc1cncc(COc2cc(O[C@H]3CCc4c(Br)cccc43)c(Cl)cc2C=O)c1. The van der Waals surface area contributed by atoms with Crippen molar-refractivity contribution in [1.29, 1.82) is 5.26 Å². The van der Waals surface area contributed by atoms with Crippen molar-refractivity contribution in [1.82, 2.24) is 4.98 Å². The molecule has 150 valence electrons. The van der Waals surface area contributed by atoms with Gasteiger partial charge in [0.05, 0.1) is 16.1 Å². The number of nitriles is 1. The van der Waals surface area contributed by atoms with Crippen LogP contribution in [0, 0.1) is 11.3 Å². The number of aldehydes is 1. The summed E-state index contributed by atoms with van der Waals surface area (Å²) >= 11 is 9.97. The molecule has 0 radical (unpaired) electrons. The molecule has 3 aromatic rings. The Balaban J connectivity index is 1.57. The summed E-state index contributed by atoms with van der Waals surface area (Å²) in [5.41, 5.74) is 3.85. The maximum atomic E-state index is 11.5. The molecule has 1 aromatic heterocycles. The number of benzene rings is 2. The number of nitrogens with zero attached hydrogens (tertiary/aromatic N) is 2. The number of hydrogen-bond donors (Lipinski definition) is 0. The zero-order valence-corrected chi connectivity index (χ0v) is 18.1. The summed E-state index contributed by atoms with van der Waals surface area (Å²) in [5, 5.41) is 9.36. The molecule has 0 aliphatic heterocycles. The highest BCUT2D eigenvalue weighted by atomic mass is 79.9. The lowest BCUT2D eigenvalue weighted by Crippen LogP contribution is -2.05. The fourth-order valence-electron chi connectivity index (χ4n) is 3.49. The van der Waals surface area contributed by atoms with Crippen molar-refractivity contribution < 1.29 is 14.3 Å². The Kier molecular flexibility index (Phi) is 6.03. The second kappa shape index (κ2) is 8.86. The smallest absolute Gasteiger partial charge is 0.153 e. The van der Waals surface area contributed by atoms with E-state index in [1.807, 2.05) is 18.2 Å². The number of ether oxygens (including phenoxy) is 2. The topological polar surface area (TPSA) is 72.2 Å². The van der Waals surface area contributed by atoms with Crippen LogP contribution in [0.4, 0.5) is 0 Å². The predicted octanol–water partition coefficient (Wildman–Crippen LogP) is 5.83. The van der Waals surface area contributed by atoms with Crippen molar-refractivity contribution in [3.8, 4) is 17.6 Å². The summed E-state index contributed by atoms with van der Waals surface area (Å²) in [4.78, 5) is 15.5. The first-order chi connectivity index (χ1) is 14.6. The predicted molar refractivity (Wildman–Crippen MR) is 116 cm³/mol. The van der Waals surface area contributed by atoms with E-state index in [-0.39, 0.29) is 12.7 Å². The minimum absolute atomic E-state index is 0.124. The Labute approximate surface area is 187 Å². The second-order valence-corrected chi connectivity index (χ2v) is 8.13. The number of rotatable bonds is 6. The number of pyridine rings is 1. The average molecular weight is 484 g/mol. The van der Waals surface area contributed by atoms with E-state index in [0.717, 1.165) is 28.4 Å². The van der Waals surface area contributed by atoms with Gasteiger partial charge in [0.15, 0.2) is 6.29 Å². The zero-order chi connectivity index (χ0) is 21.1. The lowest BCUT2D eigenvalue weighted by molar-refractivity contribution is 0.111. The standard InChI is InChI=1S/C23H16BrClN2O3/c24-19-3-1-2-18-17(19)4-5-21(18)30-23-8-22(16(12-28)7-20(23)25)29-13-15-6-14(9-26)10-27-11-15/h1-3,6-8,10-12,21H,4-5,13H2/t21-/m0/s1. The van der Waals surface area contributed by atoms with E-state index in [2.05, 4.69) is 27.0 Å². The van der Waals surface area contributed by atoms with Gasteiger partial charge in [0.2, 0.25) is 0 Å². The van der Waals surface area contributed by atoms with Crippen LogP contribution in [0.3, 0.4) is 0 Å². The third-order valence-corrected chi connectivity index (χ3v) is 5.98. The minimum atomic E-state index is -0.124. The van der Waals surface area contributed by atoms with Crippen LogP contribution in [0.15, 0.2) is 53.3 Å². The molecule has 0 saturated heterocycles. The summed E-state index contributed by atoms with van der Waals surface area (Å²) in [6.07, 6.45) is 5.41. The van der Waals surface area contributed by atoms with Crippen molar-refractivity contribution in [3.05, 3.63) is 86.1 Å². The average Bonchev–Trinajstić information content (AvgIpc) is 3.18. The molecular formula is C23H16BrClN2O3. The molecule has 0 amide bonds. The van der Waals surface area contributed by atoms with Gasteiger partial charge in [-0.1, -0.05) is 39.7 Å². The van der Waals surface area contributed by atoms with Gasteiger partial charge in [-0.25, -0.2) is 0 Å². The molecule has 1 aliphatic carbocycles. The Bertz CT molecular complexity index is 1160. The van der Waals surface area contributed by atoms with Gasteiger partial charge in [0.25, 0.3) is 0 Å². The molecule has 0 saturated carbocycles. The lowest BCUT2D eigenvalue weighted by Gasteiger charge is -2.18. The van der Waals surface area contributed by atoms with Gasteiger partial charge >= 0.3 is 0 Å². The Morgan fingerprint density at radius 3 is 2.93 bits per heavy atom. The van der Waals surface area contributed by atoms with E-state index in [1.54, 1.807) is 24.4 Å². The van der Waals surface area contributed by atoms with Crippen LogP contribution < -0.4 is 9.47 Å². The second-order valence-electron chi connectivity index (χ2n) is 6.87. The molecule has 30 heavy (non-hydrogen) atoms. The van der Waals surface area contributed by atoms with Gasteiger partial charge in [-0.2, -0.15) is 5.26 Å². The molecule has 4 rings (SSSR count). The molecule has 0 bridgehead atoms. The number of halogens is 2. The summed E-state index contributed by atoms with van der Waals surface area (Å²) < 4.78 is 13.1. The summed E-state index contributed by atoms with van der Waals surface area (Å²) in [6, 6.07) is 13.0. The van der Waals surface area contributed by atoms with E-state index in [9.17, 15) is 4.79 Å². The highest BCUT2D eigenvalue weighted by molar-refractivity contribution is 9.10. The van der Waals surface area contributed by atoms with Gasteiger partial charge in [-0.3, -0.25) is 9.78 Å². The van der Waals surface area contributed by atoms with Gasteiger partial charge < -0.3 is 9.47 Å². The molecule has 2 aromatic carbocycles. The number of hydrogen-bond acceptors (Lipinski definition) is 5. The first kappa shape index (κ1) is 20.4. The van der Waals surface area contributed by atoms with Crippen LogP contribution in [-0.2, 0) is 13.0 Å². The van der Waals surface area contributed by atoms with E-state index >= 15 is 0 Å². The van der Waals surface area contributed by atoms with Crippen LogP contribution >= 0.6 is 27.5 Å². The minimum Gasteiger partial charge on any atom is -0.488 e. The molecule has 5 nitrogen and oxygen atoms in total. The quantitative estimate of drug-likeness (QED) is 0.413. The molecule has 0 unspecified atom stereocenters. The zero-order valence-electron chi connectivity index (χ0n) is 15.8. The molecule has 7 heteroatoms. The Morgan fingerprint density at radius 2 is 2.13 bits per heavy atom. The fraction of sp³-hybridized carbons (Fsp3) is 0.174. The fourth-order valence-corrected chi connectivity index (χ4v) is 4.29. The van der Waals surface area contributed by atoms with Crippen LogP contribution in [-0.4, -0.2) is 11.3 Å². The third kappa shape index (κ3) is 4.18. The highest BCUT2D eigenvalue weighted by Gasteiger charge is 2.26. The van der Waals surface area contributed by atoms with Crippen molar-refractivity contribution in [3.63, 3.8) is 0 Å². The largest absolute Gasteiger partial charge is 0.488 e. The first-order valence-electron chi connectivity index (χ1n) is 9.28. The van der Waals surface area contributed by atoms with Crippen molar-refractivity contribution in [2.45, 2.75) is 25.6 Å². The number of carbonyl (C=O) groups is 1. The molecule has 0 fully saturated rings. The van der Waals surface area contributed by atoms with Crippen LogP contribution in [0.2, 0.25) is 5.02 Å². The number of carbonyl (C=O) groups excluding carboxylic acids is 1. The van der Waals surface area contributed by atoms with Gasteiger partial charge in [0.1, 0.15) is 30.3 Å². The number of aromatic nitrogens is 1. The van der Waals surface area contributed by atoms with E-state index in [0.29, 0.717) is 33.9 Å². The van der Waals surface area contributed by atoms with Crippen LogP contribution in [0.25, 0.3) is 0 Å². The Hall–Kier alpha value is -2.88. The van der Waals surface area contributed by atoms with E-state index in [1.165, 1.54) is 11.8 Å². The third-order valence-electron chi connectivity index (χ3n) is 4.94. The van der Waals surface area contributed by atoms with Gasteiger partial charge in [0, 0.05) is 28.5 Å². The maximum Gasteiger partial charge on any atom is 0.153 e. The van der Waals surface area contributed by atoms with E-state index < -0.39 is 0 Å². The summed E-state index contributed by atoms with van der Waals surface area (Å²) in [5.74, 6) is 0.818. The monoisotopic (exact) mass is 482 g/mol. The molecule has 1 aliphatic rings. The molecule has 1 heterocycles. The lowest BCUT2D eigenvalue weighted by atomic mass is 10.1. The van der Waals surface area contributed by atoms with E-state index in [4.69, 9.17) is 26.3 Å². The molecule has 0 spiro atoms. The highest BCUT2D eigenvalue weighted by Crippen LogP contribution is 2.41. The van der Waals surface area contributed by atoms with Crippen LogP contribution in [0.1, 0.15) is 45.1 Å². The van der Waals surface area contributed by atoms with Crippen molar-refractivity contribution >= 4 is 33.8 Å². The maximum absolute atomic E-state index is 11.5. The van der Waals surface area contributed by atoms with Crippen LogP contribution in [0.5, 0.6) is 11.5 Å². The van der Waals surface area contributed by atoms with Crippen molar-refractivity contribution in [2.24, 2.45) is 0 Å². The molecule has 1 atom stereocenters. The summed E-state index contributed by atoms with van der Waals surface area (Å²) in [6.45, 7) is 0.156. The van der Waals surface area contributed by atoms with Crippen molar-refractivity contribution in [2.75, 3.05) is 0 Å². The Morgan fingerprint density at radius 1 is 1.27 bits per heavy atom. The normalized spacial score (nSPS) is 14.6. The molecular weight excluding hydrogens is 468 g/mol. The number of fused-ring (bicyclic) bond motifs is 1. The molecule has 0 N–H and O–H groups in total.